The van der Waals surface area contributed by atoms with Gasteiger partial charge in [0.25, 0.3) is 5.69 Å². The summed E-state index contributed by atoms with van der Waals surface area (Å²) in [4.78, 5) is 9.89. The predicted octanol–water partition coefficient (Wildman–Crippen LogP) is 3.03. The third-order valence-electron chi connectivity index (χ3n) is 1.96. The van der Waals surface area contributed by atoms with E-state index in [1.807, 2.05) is 20.8 Å². The van der Waals surface area contributed by atoms with E-state index in [0.29, 0.717) is 5.56 Å². The Labute approximate surface area is 81.7 Å². The van der Waals surface area contributed by atoms with Crippen LogP contribution in [-0.4, -0.2) is 4.92 Å². The average molecular weight is 197 g/mol. The number of nitrogens with zero attached hydrogens (tertiary/aromatic N) is 1. The minimum absolute atomic E-state index is 0.199. The molecule has 1 aromatic carbocycles. The van der Waals surface area contributed by atoms with Gasteiger partial charge in [0.2, 0.25) is 0 Å². The lowest BCUT2D eigenvalue weighted by Gasteiger charge is -2.18. The third-order valence-corrected chi connectivity index (χ3v) is 1.96. The summed E-state index contributed by atoms with van der Waals surface area (Å²) in [6, 6.07) is 3.66. The van der Waals surface area contributed by atoms with Crippen molar-refractivity contribution in [1.29, 1.82) is 0 Å². The lowest BCUT2D eigenvalue weighted by molar-refractivity contribution is -0.385. The highest BCUT2D eigenvalue weighted by Gasteiger charge is 2.18. The molecule has 0 spiro atoms. The minimum Gasteiger partial charge on any atom is -0.258 e. The van der Waals surface area contributed by atoms with Crippen LogP contribution in [0.1, 0.15) is 26.3 Å². The van der Waals surface area contributed by atoms with Crippen molar-refractivity contribution in [3.8, 4) is 0 Å². The molecule has 0 bridgehead atoms. The van der Waals surface area contributed by atoms with Gasteiger partial charge in [0.05, 0.1) is 11.0 Å². The Hall–Kier alpha value is -1.45. The molecule has 0 atom stereocenters. The zero-order chi connectivity index (χ0) is 10.9. The maximum atomic E-state index is 13.0. The molecule has 0 amide bonds. The first-order chi connectivity index (χ1) is 6.30. The first-order valence-corrected chi connectivity index (χ1v) is 4.26. The van der Waals surface area contributed by atoms with Gasteiger partial charge in [-0.15, -0.1) is 0 Å². The Kier molecular flexibility index (Phi) is 2.55. The lowest BCUT2D eigenvalue weighted by Crippen LogP contribution is -2.11. The summed E-state index contributed by atoms with van der Waals surface area (Å²) in [5.74, 6) is -0.566. The molecule has 0 saturated carbocycles. The van der Waals surface area contributed by atoms with Gasteiger partial charge in [0.15, 0.2) is 0 Å². The highest BCUT2D eigenvalue weighted by atomic mass is 19.1. The molecule has 0 saturated heterocycles. The van der Waals surface area contributed by atoms with Crippen molar-refractivity contribution in [2.45, 2.75) is 26.2 Å². The fraction of sp³-hybridized carbons (Fsp3) is 0.400. The van der Waals surface area contributed by atoms with Crippen LogP contribution in [0.2, 0.25) is 0 Å². The number of nitro groups is 1. The van der Waals surface area contributed by atoms with Gasteiger partial charge in [-0.1, -0.05) is 20.8 Å². The fourth-order valence-corrected chi connectivity index (χ4v) is 1.11. The van der Waals surface area contributed by atoms with Crippen molar-refractivity contribution in [3.63, 3.8) is 0 Å². The second-order valence-corrected chi connectivity index (χ2v) is 4.21. The molecule has 0 aromatic heterocycles. The summed E-state index contributed by atoms with van der Waals surface area (Å²) in [6.45, 7) is 5.64. The molecule has 0 unspecified atom stereocenters. The summed E-state index contributed by atoms with van der Waals surface area (Å²) in [5.41, 5.74) is 0.145. The van der Waals surface area contributed by atoms with Crippen LogP contribution in [0, 0.1) is 15.9 Å². The van der Waals surface area contributed by atoms with Gasteiger partial charge in [-0.25, -0.2) is 4.39 Å². The van der Waals surface area contributed by atoms with Crippen molar-refractivity contribution in [2.75, 3.05) is 0 Å². The van der Waals surface area contributed by atoms with Gasteiger partial charge < -0.3 is 0 Å². The molecule has 14 heavy (non-hydrogen) atoms. The first kappa shape index (κ1) is 10.6. The Bertz CT molecular complexity index is 369. The van der Waals surface area contributed by atoms with E-state index in [4.69, 9.17) is 0 Å². The van der Waals surface area contributed by atoms with Gasteiger partial charge >= 0.3 is 0 Å². The molecule has 76 valence electrons. The molecule has 0 heterocycles. The molecule has 0 radical (unpaired) electrons. The van der Waals surface area contributed by atoms with E-state index in [0.717, 1.165) is 6.07 Å². The second-order valence-electron chi connectivity index (χ2n) is 4.21. The van der Waals surface area contributed by atoms with Crippen molar-refractivity contribution in [2.24, 2.45) is 0 Å². The number of rotatable bonds is 1. The molecule has 0 N–H and O–H groups in total. The highest BCUT2D eigenvalue weighted by molar-refractivity contribution is 5.38. The standard InChI is InChI=1S/C10H12FNO2/c1-10(2,3)7-4-8(11)6-9(5-7)12(13)14/h4-6H,1-3H3. The van der Waals surface area contributed by atoms with Gasteiger partial charge in [-0.05, 0) is 17.0 Å². The van der Waals surface area contributed by atoms with Crippen molar-refractivity contribution in [1.82, 2.24) is 0 Å². The normalized spacial score (nSPS) is 11.4. The van der Waals surface area contributed by atoms with E-state index in [2.05, 4.69) is 0 Å². The number of halogens is 1. The summed E-state index contributed by atoms with van der Waals surface area (Å²) in [7, 11) is 0. The van der Waals surface area contributed by atoms with Crippen LogP contribution in [0.5, 0.6) is 0 Å². The molecule has 0 aliphatic rings. The smallest absolute Gasteiger partial charge is 0.258 e. The van der Waals surface area contributed by atoms with Gasteiger partial charge in [0, 0.05) is 6.07 Å². The quantitative estimate of drug-likeness (QED) is 0.513. The minimum atomic E-state index is -0.585. The van der Waals surface area contributed by atoms with Crippen LogP contribution in [-0.2, 0) is 5.41 Å². The Morgan fingerprint density at radius 2 is 1.86 bits per heavy atom. The van der Waals surface area contributed by atoms with E-state index in [1.54, 1.807) is 0 Å². The maximum Gasteiger partial charge on any atom is 0.272 e. The van der Waals surface area contributed by atoms with E-state index in [9.17, 15) is 14.5 Å². The molecule has 3 nitrogen and oxygen atoms in total. The number of hydrogen-bond donors (Lipinski definition) is 0. The van der Waals surface area contributed by atoms with Crippen molar-refractivity contribution < 1.29 is 9.31 Å². The second kappa shape index (κ2) is 3.36. The average Bonchev–Trinajstić information content (AvgIpc) is 2.01. The maximum absolute atomic E-state index is 13.0. The molecular formula is C10H12FNO2. The van der Waals surface area contributed by atoms with Gasteiger partial charge in [-0.2, -0.15) is 0 Å². The van der Waals surface area contributed by atoms with Crippen LogP contribution in [0.25, 0.3) is 0 Å². The lowest BCUT2D eigenvalue weighted by atomic mass is 9.87. The Morgan fingerprint density at radius 3 is 2.29 bits per heavy atom. The van der Waals surface area contributed by atoms with E-state index < -0.39 is 10.7 Å². The SMILES string of the molecule is CC(C)(C)c1cc(F)cc([N+](=O)[O-])c1. The van der Waals surface area contributed by atoms with Crippen LogP contribution in [0.15, 0.2) is 18.2 Å². The summed E-state index contributed by atoms with van der Waals surface area (Å²) >= 11 is 0. The van der Waals surface area contributed by atoms with Gasteiger partial charge in [0.1, 0.15) is 5.82 Å². The monoisotopic (exact) mass is 197 g/mol. The fourth-order valence-electron chi connectivity index (χ4n) is 1.11. The molecule has 1 rings (SSSR count). The van der Waals surface area contributed by atoms with Crippen LogP contribution in [0.3, 0.4) is 0 Å². The van der Waals surface area contributed by atoms with Gasteiger partial charge in [-0.3, -0.25) is 10.1 Å². The predicted molar refractivity (Wildman–Crippen MR) is 51.8 cm³/mol. The zero-order valence-electron chi connectivity index (χ0n) is 8.37. The topological polar surface area (TPSA) is 43.1 Å². The van der Waals surface area contributed by atoms with E-state index in [-0.39, 0.29) is 11.1 Å². The molecule has 0 aliphatic heterocycles. The van der Waals surface area contributed by atoms with Crippen LogP contribution in [0.4, 0.5) is 10.1 Å². The summed E-state index contributed by atoms with van der Waals surface area (Å²) in [6.07, 6.45) is 0. The summed E-state index contributed by atoms with van der Waals surface area (Å²) < 4.78 is 13.0. The molecule has 1 aromatic rings. The highest BCUT2D eigenvalue weighted by Crippen LogP contribution is 2.26. The Balaban J connectivity index is 3.28. The van der Waals surface area contributed by atoms with E-state index >= 15 is 0 Å². The van der Waals surface area contributed by atoms with Crippen molar-refractivity contribution >= 4 is 5.69 Å². The van der Waals surface area contributed by atoms with Crippen LogP contribution >= 0.6 is 0 Å². The van der Waals surface area contributed by atoms with Crippen LogP contribution < -0.4 is 0 Å². The Morgan fingerprint density at radius 1 is 1.29 bits per heavy atom. The third kappa shape index (κ3) is 2.28. The van der Waals surface area contributed by atoms with Crippen molar-refractivity contribution in [3.05, 3.63) is 39.7 Å². The largest absolute Gasteiger partial charge is 0.272 e. The zero-order valence-corrected chi connectivity index (χ0v) is 8.37. The molecule has 0 aliphatic carbocycles. The molecule has 0 fully saturated rings. The first-order valence-electron chi connectivity index (χ1n) is 4.26. The number of benzene rings is 1. The number of hydrogen-bond acceptors (Lipinski definition) is 2. The summed E-state index contributed by atoms with van der Waals surface area (Å²) in [5, 5.41) is 10.5. The number of non-ortho nitro benzene ring substituents is 1. The van der Waals surface area contributed by atoms with E-state index in [1.165, 1.54) is 12.1 Å². The molecular weight excluding hydrogens is 185 g/mol. The number of nitro benzene ring substituents is 1. The molecule has 4 heteroatoms.